The zero-order valence-electron chi connectivity index (χ0n) is 28.4. The number of aliphatic hydroxyl groups is 1. The lowest BCUT2D eigenvalue weighted by molar-refractivity contribution is -0.157. The molecule has 256 valence electrons. The number of hydrogen-bond acceptors (Lipinski definition) is 10. The Bertz CT molecular complexity index is 1270. The monoisotopic (exact) mass is 642 g/mol. The number of rotatable bonds is 15. The van der Waals surface area contributed by atoms with Crippen LogP contribution in [0.1, 0.15) is 84.6 Å². The minimum absolute atomic E-state index is 0.00862. The first-order chi connectivity index (χ1) is 21.9. The average Bonchev–Trinajstić information content (AvgIpc) is 2.97. The summed E-state index contributed by atoms with van der Waals surface area (Å²) in [4.78, 5) is 28.9. The van der Waals surface area contributed by atoms with Crippen molar-refractivity contribution in [2.24, 2.45) is 23.7 Å². The van der Waals surface area contributed by atoms with Crippen molar-refractivity contribution in [3.63, 3.8) is 0 Å². The number of benzene rings is 1. The van der Waals surface area contributed by atoms with E-state index in [-0.39, 0.29) is 17.6 Å². The van der Waals surface area contributed by atoms with Gasteiger partial charge in [0.2, 0.25) is 0 Å². The molecule has 4 N–H and O–H groups in total. The highest BCUT2D eigenvalue weighted by molar-refractivity contribution is 5.72. The Morgan fingerprint density at radius 2 is 1.80 bits per heavy atom. The first kappa shape index (κ1) is 37.1. The molecule has 46 heavy (non-hydrogen) atoms. The summed E-state index contributed by atoms with van der Waals surface area (Å²) < 4.78 is 22.6. The summed E-state index contributed by atoms with van der Waals surface area (Å²) in [5, 5.41) is 21.9. The summed E-state index contributed by atoms with van der Waals surface area (Å²) in [6.07, 6.45) is 6.23. The molecule has 0 amide bonds. The van der Waals surface area contributed by atoms with Crippen LogP contribution < -0.4 is 10.5 Å². The number of aromatic hydroxyl groups is 1. The number of phenols is 1. The molecule has 0 bridgehead atoms. The molecular weight excluding hydrogens is 588 g/mol. The van der Waals surface area contributed by atoms with Crippen molar-refractivity contribution in [3.8, 4) is 22.6 Å². The number of hydrogen-bond donors (Lipinski definition) is 3. The van der Waals surface area contributed by atoms with Crippen LogP contribution in [-0.2, 0) is 30.2 Å². The second-order valence-electron chi connectivity index (χ2n) is 13.2. The average molecular weight is 643 g/mol. The van der Waals surface area contributed by atoms with Crippen LogP contribution in [0.4, 0.5) is 5.82 Å². The highest BCUT2D eigenvalue weighted by atomic mass is 16.6. The van der Waals surface area contributed by atoms with Gasteiger partial charge in [-0.3, -0.25) is 9.59 Å². The van der Waals surface area contributed by atoms with E-state index in [0.717, 1.165) is 48.8 Å². The van der Waals surface area contributed by atoms with Crippen molar-refractivity contribution in [1.29, 1.82) is 0 Å². The number of ether oxygens (including phenoxy) is 4. The smallest absolute Gasteiger partial charge is 0.302 e. The molecule has 0 radical (unpaired) electrons. The molecule has 1 fully saturated rings. The van der Waals surface area contributed by atoms with E-state index in [1.165, 1.54) is 21.0 Å². The Morgan fingerprint density at radius 1 is 1.07 bits per heavy atom. The van der Waals surface area contributed by atoms with E-state index in [9.17, 15) is 19.8 Å². The lowest BCUT2D eigenvalue weighted by Crippen LogP contribution is -2.38. The second-order valence-corrected chi connectivity index (χ2v) is 13.2. The molecule has 1 saturated carbocycles. The third-order valence-electron chi connectivity index (χ3n) is 9.07. The van der Waals surface area contributed by atoms with Gasteiger partial charge in [-0.25, -0.2) is 4.98 Å². The summed E-state index contributed by atoms with van der Waals surface area (Å²) >= 11 is 0. The number of anilines is 1. The number of aliphatic hydroxyl groups excluding tert-OH is 1. The van der Waals surface area contributed by atoms with Crippen molar-refractivity contribution in [3.05, 3.63) is 36.0 Å². The zero-order chi connectivity index (χ0) is 33.8. The molecule has 1 aliphatic carbocycles. The van der Waals surface area contributed by atoms with Gasteiger partial charge in [0.15, 0.2) is 11.5 Å². The molecule has 1 aromatic carbocycles. The van der Waals surface area contributed by atoms with Crippen LogP contribution in [0.15, 0.2) is 30.5 Å². The Kier molecular flexibility index (Phi) is 14.6. The van der Waals surface area contributed by atoms with Gasteiger partial charge in [0.1, 0.15) is 18.0 Å². The van der Waals surface area contributed by atoms with Crippen LogP contribution in [0.2, 0.25) is 0 Å². The molecule has 6 unspecified atom stereocenters. The lowest BCUT2D eigenvalue weighted by atomic mass is 9.73. The number of esters is 2. The Balaban J connectivity index is 1.91. The van der Waals surface area contributed by atoms with Crippen LogP contribution in [0, 0.1) is 23.7 Å². The van der Waals surface area contributed by atoms with E-state index in [1.807, 2.05) is 6.07 Å². The Labute approximate surface area is 274 Å². The number of methoxy groups -OCH3 is 2. The first-order valence-corrected chi connectivity index (χ1v) is 16.5. The quantitative estimate of drug-likeness (QED) is 0.195. The number of nitrogens with two attached hydrogens (primary N) is 1. The van der Waals surface area contributed by atoms with Gasteiger partial charge in [-0.15, -0.1) is 0 Å². The molecule has 0 saturated heterocycles. The fourth-order valence-corrected chi connectivity index (χ4v) is 7.03. The van der Waals surface area contributed by atoms with Crippen molar-refractivity contribution in [1.82, 2.24) is 4.98 Å². The predicted molar refractivity (Wildman–Crippen MR) is 177 cm³/mol. The van der Waals surface area contributed by atoms with E-state index < -0.39 is 30.3 Å². The summed E-state index contributed by atoms with van der Waals surface area (Å²) in [6.45, 7) is 7.80. The molecule has 1 aromatic heterocycles. The number of pyridine rings is 1. The van der Waals surface area contributed by atoms with Gasteiger partial charge in [0, 0.05) is 40.2 Å². The maximum Gasteiger partial charge on any atom is 0.302 e. The molecule has 2 aromatic rings. The summed E-state index contributed by atoms with van der Waals surface area (Å²) in [5.74, 6) is 0.777. The molecule has 0 aliphatic heterocycles. The maximum absolute atomic E-state index is 12.4. The Morgan fingerprint density at radius 3 is 2.43 bits per heavy atom. The summed E-state index contributed by atoms with van der Waals surface area (Å²) in [6, 6.07) is 6.96. The van der Waals surface area contributed by atoms with Gasteiger partial charge in [-0.05, 0) is 110 Å². The van der Waals surface area contributed by atoms with Crippen molar-refractivity contribution >= 4 is 17.8 Å². The summed E-state index contributed by atoms with van der Waals surface area (Å²) in [5.41, 5.74) is 8.36. The zero-order valence-corrected chi connectivity index (χ0v) is 28.4. The van der Waals surface area contributed by atoms with Gasteiger partial charge in [-0.1, -0.05) is 20.3 Å². The molecular formula is C36H54N2O8. The molecule has 6 atom stereocenters. The number of nitrogens with zero attached hydrogens (tertiary/aromatic N) is 1. The van der Waals surface area contributed by atoms with Crippen molar-refractivity contribution in [2.75, 3.05) is 26.6 Å². The van der Waals surface area contributed by atoms with Crippen molar-refractivity contribution in [2.45, 2.75) is 104 Å². The number of nitrogen functional groups attached to an aromatic ring is 1. The van der Waals surface area contributed by atoms with Crippen LogP contribution in [0.3, 0.4) is 0 Å². The van der Waals surface area contributed by atoms with Gasteiger partial charge in [0.25, 0.3) is 0 Å². The van der Waals surface area contributed by atoms with Crippen molar-refractivity contribution < 1.29 is 38.7 Å². The molecule has 3 rings (SSSR count). The molecule has 10 nitrogen and oxygen atoms in total. The highest BCUT2D eigenvalue weighted by Gasteiger charge is 2.36. The number of carbonyl (C=O) groups excluding carboxylic acids is 2. The fraction of sp³-hybridized carbons (Fsp3) is 0.639. The van der Waals surface area contributed by atoms with Gasteiger partial charge in [-0.2, -0.15) is 0 Å². The SMILES string of the molecule is COCCC1CCC(CC(C)C)CC(C(CC(CCc2cc(OC)c(O)cc2-c2ccnc(N)c2)OC(C)=O)OC(C)=O)CC1O. The Hall–Kier alpha value is -3.37. The molecule has 1 heterocycles. The topological polar surface area (TPSA) is 150 Å². The van der Waals surface area contributed by atoms with Crippen LogP contribution in [0.25, 0.3) is 11.1 Å². The number of phenolic OH excluding ortho intramolecular Hbond substituents is 1. The van der Waals surface area contributed by atoms with Gasteiger partial charge >= 0.3 is 11.9 Å². The highest BCUT2D eigenvalue weighted by Crippen LogP contribution is 2.39. The molecule has 0 spiro atoms. The van der Waals surface area contributed by atoms with E-state index in [4.69, 9.17) is 24.7 Å². The minimum Gasteiger partial charge on any atom is -0.504 e. The number of carbonyl (C=O) groups is 2. The molecule has 1 aliphatic rings. The lowest BCUT2D eigenvalue weighted by Gasteiger charge is -2.38. The van der Waals surface area contributed by atoms with E-state index >= 15 is 0 Å². The second kappa shape index (κ2) is 18.1. The standard InChI is InChI=1S/C36H54N2O8/c1-22(2)15-25-7-8-26(12-14-43-5)32(41)17-29(16-25)34(46-24(4)40)20-30(45-23(3)39)10-9-27-18-35(44-6)33(42)21-31(27)28-11-13-38-36(37)19-28/h11,13,18-19,21-22,25-26,29-30,32,34,41-42H,7-10,12,14-17,20H2,1-6H3,(H2,37,38). The number of aromatic nitrogens is 1. The minimum atomic E-state index is -0.563. The normalized spacial score (nSPS) is 21.6. The third kappa shape index (κ3) is 11.5. The van der Waals surface area contributed by atoms with E-state index in [2.05, 4.69) is 18.8 Å². The van der Waals surface area contributed by atoms with Crippen LogP contribution in [-0.4, -0.2) is 66.3 Å². The van der Waals surface area contributed by atoms with E-state index in [0.29, 0.717) is 55.7 Å². The summed E-state index contributed by atoms with van der Waals surface area (Å²) in [7, 11) is 3.17. The first-order valence-electron chi connectivity index (χ1n) is 16.5. The van der Waals surface area contributed by atoms with Gasteiger partial charge < -0.3 is 34.9 Å². The van der Waals surface area contributed by atoms with Crippen LogP contribution in [0.5, 0.6) is 11.5 Å². The van der Waals surface area contributed by atoms with E-state index in [1.54, 1.807) is 31.5 Å². The largest absolute Gasteiger partial charge is 0.504 e. The predicted octanol–water partition coefficient (Wildman–Crippen LogP) is 6.10. The molecule has 10 heteroatoms. The van der Waals surface area contributed by atoms with Crippen LogP contribution >= 0.6 is 0 Å². The maximum atomic E-state index is 12.4. The third-order valence-corrected chi connectivity index (χ3v) is 9.07. The number of aryl methyl sites for hydroxylation is 1. The van der Waals surface area contributed by atoms with Gasteiger partial charge in [0.05, 0.1) is 13.2 Å². The fourth-order valence-electron chi connectivity index (χ4n) is 7.03.